The van der Waals surface area contributed by atoms with Crippen LogP contribution in [0.2, 0.25) is 0 Å². The predicted molar refractivity (Wildman–Crippen MR) is 82.4 cm³/mol. The Kier molecular flexibility index (Phi) is 3.58. The van der Waals surface area contributed by atoms with Crippen LogP contribution in [-0.4, -0.2) is 23.0 Å². The topological polar surface area (TPSA) is 46.6 Å². The molecule has 0 spiro atoms. The van der Waals surface area contributed by atoms with Crippen molar-refractivity contribution in [3.63, 3.8) is 0 Å². The molecule has 0 unspecified atom stereocenters. The molecule has 2 aromatic heterocycles. The Morgan fingerprint density at radius 2 is 1.95 bits per heavy atom. The normalized spacial score (nSPS) is 11.0. The van der Waals surface area contributed by atoms with Crippen LogP contribution in [-0.2, 0) is 6.42 Å². The minimum atomic E-state index is -0.268. The summed E-state index contributed by atoms with van der Waals surface area (Å²) >= 11 is 0. The molecule has 5 heteroatoms. The second kappa shape index (κ2) is 5.54. The molecule has 0 saturated heterocycles. The fourth-order valence-electron chi connectivity index (χ4n) is 2.51. The molecule has 2 N–H and O–H groups in total. The first-order valence-corrected chi connectivity index (χ1v) is 6.86. The molecule has 3 aromatic rings. The van der Waals surface area contributed by atoms with Gasteiger partial charge in [-0.25, -0.2) is 9.37 Å². The van der Waals surface area contributed by atoms with Gasteiger partial charge in [-0.3, -0.25) is 0 Å². The zero-order valence-electron chi connectivity index (χ0n) is 11.8. The number of nitrogens with zero attached hydrogens (tertiary/aromatic N) is 3. The third-order valence-corrected chi connectivity index (χ3v) is 3.52. The smallest absolute Gasteiger partial charge is 0.155 e. The number of aromatic nitrogens is 2. The molecule has 0 bridgehead atoms. The Morgan fingerprint density at radius 1 is 1.19 bits per heavy atom. The average molecular weight is 284 g/mol. The Bertz CT molecular complexity index is 766. The number of fused-ring (bicyclic) bond motifs is 1. The number of hydrogen-bond acceptors (Lipinski definition) is 3. The highest BCUT2D eigenvalue weighted by Gasteiger charge is 2.18. The Hall–Kier alpha value is -2.40. The lowest BCUT2D eigenvalue weighted by molar-refractivity contribution is 0.627. The molecule has 0 aliphatic carbocycles. The quantitative estimate of drug-likeness (QED) is 0.801. The molecule has 0 aliphatic rings. The summed E-state index contributed by atoms with van der Waals surface area (Å²) in [7, 11) is 1.82. The fraction of sp³-hybridized carbons (Fsp3) is 0.188. The molecular weight excluding hydrogens is 267 g/mol. The molecular formula is C16H17FN4. The molecule has 0 atom stereocenters. The maximum absolute atomic E-state index is 14.0. The number of hydrogen-bond donors (Lipinski definition) is 1. The van der Waals surface area contributed by atoms with Crippen LogP contribution in [0.3, 0.4) is 0 Å². The number of halogens is 1. The maximum Gasteiger partial charge on any atom is 0.155 e. The highest BCUT2D eigenvalue weighted by Crippen LogP contribution is 2.29. The van der Waals surface area contributed by atoms with Crippen molar-refractivity contribution in [3.8, 4) is 0 Å². The first kappa shape index (κ1) is 13.6. The zero-order valence-corrected chi connectivity index (χ0v) is 11.8. The van der Waals surface area contributed by atoms with Crippen molar-refractivity contribution >= 4 is 17.2 Å². The van der Waals surface area contributed by atoms with Gasteiger partial charge in [0, 0.05) is 19.7 Å². The number of nitrogens with two attached hydrogens (primary N) is 1. The summed E-state index contributed by atoms with van der Waals surface area (Å²) in [6.07, 6.45) is 2.63. The molecule has 0 amide bonds. The van der Waals surface area contributed by atoms with Crippen molar-refractivity contribution < 1.29 is 4.39 Å². The van der Waals surface area contributed by atoms with Gasteiger partial charge < -0.3 is 15.0 Å². The highest BCUT2D eigenvalue weighted by atomic mass is 19.1. The third-order valence-electron chi connectivity index (χ3n) is 3.52. The summed E-state index contributed by atoms with van der Waals surface area (Å²) in [5.74, 6) is 0.465. The lowest BCUT2D eigenvalue weighted by Crippen LogP contribution is -2.15. The van der Waals surface area contributed by atoms with E-state index in [1.54, 1.807) is 17.0 Å². The summed E-state index contributed by atoms with van der Waals surface area (Å²) in [6.45, 7) is 0.515. The Labute approximate surface area is 122 Å². The van der Waals surface area contributed by atoms with Crippen molar-refractivity contribution in [2.45, 2.75) is 6.42 Å². The van der Waals surface area contributed by atoms with E-state index in [9.17, 15) is 4.39 Å². The summed E-state index contributed by atoms with van der Waals surface area (Å²) in [5.41, 5.74) is 8.03. The van der Waals surface area contributed by atoms with Gasteiger partial charge in [0.1, 0.15) is 11.5 Å². The number of rotatable bonds is 4. The van der Waals surface area contributed by atoms with E-state index in [2.05, 4.69) is 4.98 Å². The second-order valence-electron chi connectivity index (χ2n) is 4.86. The highest BCUT2D eigenvalue weighted by molar-refractivity contribution is 5.65. The Morgan fingerprint density at radius 3 is 2.71 bits per heavy atom. The van der Waals surface area contributed by atoms with Gasteiger partial charge >= 0.3 is 0 Å². The molecule has 21 heavy (non-hydrogen) atoms. The lowest BCUT2D eigenvalue weighted by Gasteiger charge is -2.19. The SMILES string of the molecule is CN(c1ccccc1F)c1nc2ccccn2c1CCN. The van der Waals surface area contributed by atoms with Crippen LogP contribution in [0, 0.1) is 5.82 Å². The molecule has 0 radical (unpaired) electrons. The van der Waals surface area contributed by atoms with Gasteiger partial charge in [-0.1, -0.05) is 18.2 Å². The van der Waals surface area contributed by atoms with E-state index in [1.165, 1.54) is 6.07 Å². The van der Waals surface area contributed by atoms with Gasteiger partial charge in [0.05, 0.1) is 11.4 Å². The van der Waals surface area contributed by atoms with Crippen LogP contribution in [0.15, 0.2) is 48.7 Å². The lowest BCUT2D eigenvalue weighted by atomic mass is 10.2. The largest absolute Gasteiger partial charge is 0.330 e. The van der Waals surface area contributed by atoms with E-state index in [-0.39, 0.29) is 5.82 Å². The Balaban J connectivity index is 2.15. The van der Waals surface area contributed by atoms with Gasteiger partial charge in [0.15, 0.2) is 5.82 Å². The number of imidazole rings is 1. The van der Waals surface area contributed by atoms with Crippen LogP contribution in [0.25, 0.3) is 5.65 Å². The van der Waals surface area contributed by atoms with E-state index in [0.717, 1.165) is 17.2 Å². The first-order chi connectivity index (χ1) is 10.2. The summed E-state index contributed by atoms with van der Waals surface area (Å²) in [4.78, 5) is 6.39. The predicted octanol–water partition coefficient (Wildman–Crippen LogP) is 2.74. The maximum atomic E-state index is 14.0. The van der Waals surface area contributed by atoms with Gasteiger partial charge in [0.2, 0.25) is 0 Å². The molecule has 0 aliphatic heterocycles. The molecule has 1 aromatic carbocycles. The molecule has 108 valence electrons. The van der Waals surface area contributed by atoms with Crippen LogP contribution in [0.5, 0.6) is 0 Å². The summed E-state index contributed by atoms with van der Waals surface area (Å²) in [6, 6.07) is 12.5. The van der Waals surface area contributed by atoms with Crippen LogP contribution in [0.1, 0.15) is 5.69 Å². The van der Waals surface area contributed by atoms with Crippen molar-refractivity contribution in [2.75, 3.05) is 18.5 Å². The fourth-order valence-corrected chi connectivity index (χ4v) is 2.51. The van der Waals surface area contributed by atoms with E-state index in [0.29, 0.717) is 18.7 Å². The molecule has 4 nitrogen and oxygen atoms in total. The van der Waals surface area contributed by atoms with E-state index in [1.807, 2.05) is 41.9 Å². The van der Waals surface area contributed by atoms with Gasteiger partial charge in [0.25, 0.3) is 0 Å². The van der Waals surface area contributed by atoms with Gasteiger partial charge in [-0.2, -0.15) is 0 Å². The number of para-hydroxylation sites is 1. The third kappa shape index (κ3) is 2.36. The minimum Gasteiger partial charge on any atom is -0.330 e. The van der Waals surface area contributed by atoms with E-state index in [4.69, 9.17) is 5.73 Å². The van der Waals surface area contributed by atoms with Gasteiger partial charge in [-0.05, 0) is 30.8 Å². The van der Waals surface area contributed by atoms with Crippen molar-refractivity contribution in [1.29, 1.82) is 0 Å². The second-order valence-corrected chi connectivity index (χ2v) is 4.86. The standard InChI is InChI=1S/C16H17FN4/c1-20(13-7-3-2-6-12(13)17)16-14(9-10-18)21-11-5-4-8-15(21)19-16/h2-8,11H,9-10,18H2,1H3. The van der Waals surface area contributed by atoms with E-state index < -0.39 is 0 Å². The van der Waals surface area contributed by atoms with E-state index >= 15 is 0 Å². The van der Waals surface area contributed by atoms with Crippen LogP contribution >= 0.6 is 0 Å². The first-order valence-electron chi connectivity index (χ1n) is 6.86. The van der Waals surface area contributed by atoms with Crippen LogP contribution in [0.4, 0.5) is 15.9 Å². The zero-order chi connectivity index (χ0) is 14.8. The number of anilines is 2. The molecule has 0 fully saturated rings. The molecule has 2 heterocycles. The summed E-state index contributed by atoms with van der Waals surface area (Å²) < 4.78 is 16.0. The van der Waals surface area contributed by atoms with Gasteiger partial charge in [-0.15, -0.1) is 0 Å². The minimum absolute atomic E-state index is 0.268. The number of benzene rings is 1. The average Bonchev–Trinajstić information content (AvgIpc) is 2.87. The summed E-state index contributed by atoms with van der Waals surface area (Å²) in [5, 5.41) is 0. The molecule has 3 rings (SSSR count). The van der Waals surface area contributed by atoms with Crippen LogP contribution < -0.4 is 10.6 Å². The van der Waals surface area contributed by atoms with Crippen molar-refractivity contribution in [3.05, 3.63) is 60.2 Å². The number of pyridine rings is 1. The van der Waals surface area contributed by atoms with Crippen molar-refractivity contribution in [1.82, 2.24) is 9.38 Å². The van der Waals surface area contributed by atoms with Crippen molar-refractivity contribution in [2.24, 2.45) is 5.73 Å². The monoisotopic (exact) mass is 284 g/mol. The molecule has 0 saturated carbocycles.